The maximum Gasteiger partial charge on any atom is 0.315 e. The van der Waals surface area contributed by atoms with E-state index >= 15 is 0 Å². The van der Waals surface area contributed by atoms with Gasteiger partial charge in [0, 0.05) is 12.6 Å². The highest BCUT2D eigenvalue weighted by Gasteiger charge is 2.28. The minimum absolute atomic E-state index is 0.0365. The Morgan fingerprint density at radius 2 is 1.93 bits per heavy atom. The third kappa shape index (κ3) is 3.40. The van der Waals surface area contributed by atoms with Crippen LogP contribution in [0.2, 0.25) is 0 Å². The van der Waals surface area contributed by atoms with Gasteiger partial charge in [-0.2, -0.15) is 0 Å². The molecule has 3 nitrogen and oxygen atoms in total. The molecule has 86 valence electrons. The Kier molecular flexibility index (Phi) is 3.49. The van der Waals surface area contributed by atoms with Crippen LogP contribution >= 0.6 is 0 Å². The van der Waals surface area contributed by atoms with Crippen molar-refractivity contribution in [1.29, 1.82) is 0 Å². The summed E-state index contributed by atoms with van der Waals surface area (Å²) in [5.74, 6) is 1.52. The topological polar surface area (TPSA) is 41.1 Å². The number of carbonyl (C=O) groups excluding carboxylic acids is 1. The van der Waals surface area contributed by atoms with Crippen LogP contribution in [0.1, 0.15) is 45.4 Å². The highest BCUT2D eigenvalue weighted by atomic mass is 16.2. The van der Waals surface area contributed by atoms with Gasteiger partial charge < -0.3 is 10.6 Å². The first kappa shape index (κ1) is 10.8. The normalized spacial score (nSPS) is 23.8. The predicted octanol–water partition coefficient (Wildman–Crippen LogP) is 2.27. The van der Waals surface area contributed by atoms with E-state index in [4.69, 9.17) is 0 Å². The smallest absolute Gasteiger partial charge is 0.315 e. The highest BCUT2D eigenvalue weighted by Crippen LogP contribution is 2.36. The fourth-order valence-corrected chi connectivity index (χ4v) is 2.39. The van der Waals surface area contributed by atoms with Crippen molar-refractivity contribution in [2.75, 3.05) is 6.54 Å². The summed E-state index contributed by atoms with van der Waals surface area (Å²) in [5, 5.41) is 6.02. The summed E-state index contributed by atoms with van der Waals surface area (Å²) in [6.07, 6.45) is 7.56. The SMILES string of the molecule is CC(CNC(=O)NC1CCCC1)C1CC1. The van der Waals surface area contributed by atoms with Gasteiger partial charge in [0.2, 0.25) is 0 Å². The molecule has 0 aromatic rings. The molecule has 0 radical (unpaired) electrons. The molecule has 2 fully saturated rings. The van der Waals surface area contributed by atoms with Gasteiger partial charge in [0.1, 0.15) is 0 Å². The van der Waals surface area contributed by atoms with Crippen LogP contribution in [0.4, 0.5) is 4.79 Å². The first-order valence-corrected chi connectivity index (χ1v) is 6.30. The van der Waals surface area contributed by atoms with Gasteiger partial charge in [-0.3, -0.25) is 0 Å². The van der Waals surface area contributed by atoms with E-state index < -0.39 is 0 Å². The van der Waals surface area contributed by atoms with Gasteiger partial charge in [0.05, 0.1) is 0 Å². The summed E-state index contributed by atoms with van der Waals surface area (Å²) < 4.78 is 0. The van der Waals surface area contributed by atoms with E-state index in [1.165, 1.54) is 25.7 Å². The van der Waals surface area contributed by atoms with Crippen molar-refractivity contribution in [2.24, 2.45) is 11.8 Å². The average Bonchev–Trinajstić information content (AvgIpc) is 2.95. The number of rotatable bonds is 4. The Labute approximate surface area is 92.0 Å². The Morgan fingerprint density at radius 3 is 2.53 bits per heavy atom. The first-order valence-electron chi connectivity index (χ1n) is 6.30. The summed E-state index contributed by atoms with van der Waals surface area (Å²) in [6.45, 7) is 3.07. The lowest BCUT2D eigenvalue weighted by Gasteiger charge is -2.15. The minimum atomic E-state index is 0.0365. The average molecular weight is 210 g/mol. The molecule has 0 heterocycles. The summed E-state index contributed by atoms with van der Waals surface area (Å²) in [7, 11) is 0. The highest BCUT2D eigenvalue weighted by molar-refractivity contribution is 5.74. The molecule has 2 aliphatic carbocycles. The number of hydrogen-bond acceptors (Lipinski definition) is 1. The van der Waals surface area contributed by atoms with Crippen LogP contribution in [0, 0.1) is 11.8 Å². The van der Waals surface area contributed by atoms with E-state index in [0.29, 0.717) is 12.0 Å². The second-order valence-electron chi connectivity index (χ2n) is 5.15. The Morgan fingerprint density at radius 1 is 1.27 bits per heavy atom. The van der Waals surface area contributed by atoms with Gasteiger partial charge in [-0.05, 0) is 37.5 Å². The molecule has 2 rings (SSSR count). The van der Waals surface area contributed by atoms with E-state index in [2.05, 4.69) is 17.6 Å². The molecular weight excluding hydrogens is 188 g/mol. The Balaban J connectivity index is 1.59. The summed E-state index contributed by atoms with van der Waals surface area (Å²) in [5.41, 5.74) is 0. The van der Waals surface area contributed by atoms with Crippen molar-refractivity contribution in [3.63, 3.8) is 0 Å². The van der Waals surface area contributed by atoms with Gasteiger partial charge in [0.15, 0.2) is 0 Å². The van der Waals surface area contributed by atoms with Crippen LogP contribution < -0.4 is 10.6 Å². The molecule has 0 spiro atoms. The van der Waals surface area contributed by atoms with E-state index in [1.807, 2.05) is 0 Å². The lowest BCUT2D eigenvalue weighted by Crippen LogP contribution is -2.42. The van der Waals surface area contributed by atoms with Gasteiger partial charge in [-0.1, -0.05) is 19.8 Å². The molecule has 0 bridgehead atoms. The molecule has 1 atom stereocenters. The van der Waals surface area contributed by atoms with Gasteiger partial charge >= 0.3 is 6.03 Å². The van der Waals surface area contributed by atoms with Gasteiger partial charge in [-0.25, -0.2) is 4.79 Å². The number of hydrogen-bond donors (Lipinski definition) is 2. The molecule has 2 N–H and O–H groups in total. The Bertz CT molecular complexity index is 220. The molecule has 0 aliphatic heterocycles. The zero-order chi connectivity index (χ0) is 10.7. The van der Waals surface area contributed by atoms with Crippen molar-refractivity contribution >= 4 is 6.03 Å². The minimum Gasteiger partial charge on any atom is -0.338 e. The monoisotopic (exact) mass is 210 g/mol. The van der Waals surface area contributed by atoms with Crippen molar-refractivity contribution in [3.8, 4) is 0 Å². The van der Waals surface area contributed by atoms with Crippen LogP contribution in [0.5, 0.6) is 0 Å². The van der Waals surface area contributed by atoms with Gasteiger partial charge in [-0.15, -0.1) is 0 Å². The van der Waals surface area contributed by atoms with Crippen LogP contribution in [0.3, 0.4) is 0 Å². The van der Waals surface area contributed by atoms with E-state index in [1.54, 1.807) is 0 Å². The molecule has 0 saturated heterocycles. The van der Waals surface area contributed by atoms with E-state index in [9.17, 15) is 4.79 Å². The van der Waals surface area contributed by atoms with Crippen molar-refractivity contribution in [1.82, 2.24) is 10.6 Å². The largest absolute Gasteiger partial charge is 0.338 e. The fourth-order valence-electron chi connectivity index (χ4n) is 2.39. The molecular formula is C12H22N2O. The number of carbonyl (C=O) groups is 1. The third-order valence-corrected chi connectivity index (χ3v) is 3.70. The lowest BCUT2D eigenvalue weighted by molar-refractivity contribution is 0.235. The molecule has 1 unspecified atom stereocenters. The van der Waals surface area contributed by atoms with E-state index in [0.717, 1.165) is 25.3 Å². The van der Waals surface area contributed by atoms with Crippen molar-refractivity contribution in [2.45, 2.75) is 51.5 Å². The third-order valence-electron chi connectivity index (χ3n) is 3.70. The lowest BCUT2D eigenvalue weighted by atomic mass is 10.1. The first-order chi connectivity index (χ1) is 7.25. The molecule has 0 aromatic carbocycles. The second-order valence-corrected chi connectivity index (χ2v) is 5.15. The number of amides is 2. The zero-order valence-corrected chi connectivity index (χ0v) is 9.59. The van der Waals surface area contributed by atoms with E-state index in [-0.39, 0.29) is 6.03 Å². The maximum absolute atomic E-state index is 11.5. The molecule has 0 aromatic heterocycles. The fraction of sp³-hybridized carbons (Fsp3) is 0.917. The Hall–Kier alpha value is -0.730. The number of urea groups is 1. The summed E-state index contributed by atoms with van der Waals surface area (Å²) >= 11 is 0. The van der Waals surface area contributed by atoms with Crippen LogP contribution in [-0.4, -0.2) is 18.6 Å². The van der Waals surface area contributed by atoms with Crippen molar-refractivity contribution in [3.05, 3.63) is 0 Å². The zero-order valence-electron chi connectivity index (χ0n) is 9.59. The van der Waals surface area contributed by atoms with Crippen molar-refractivity contribution < 1.29 is 4.79 Å². The molecule has 2 saturated carbocycles. The summed E-state index contributed by atoms with van der Waals surface area (Å²) in [4.78, 5) is 11.5. The second kappa shape index (κ2) is 4.86. The molecule has 2 amide bonds. The molecule has 3 heteroatoms. The van der Waals surface area contributed by atoms with Crippen LogP contribution in [0.25, 0.3) is 0 Å². The standard InChI is InChI=1S/C12H22N2O/c1-9(10-6-7-10)8-13-12(15)14-11-4-2-3-5-11/h9-11H,2-8H2,1H3,(H2,13,14,15). The maximum atomic E-state index is 11.5. The number of nitrogens with one attached hydrogen (secondary N) is 2. The van der Waals surface area contributed by atoms with Crippen LogP contribution in [-0.2, 0) is 0 Å². The quantitative estimate of drug-likeness (QED) is 0.734. The van der Waals surface area contributed by atoms with Gasteiger partial charge in [0.25, 0.3) is 0 Å². The predicted molar refractivity (Wildman–Crippen MR) is 60.7 cm³/mol. The molecule has 15 heavy (non-hydrogen) atoms. The van der Waals surface area contributed by atoms with Crippen LogP contribution in [0.15, 0.2) is 0 Å². The molecule has 2 aliphatic rings. The summed E-state index contributed by atoms with van der Waals surface area (Å²) in [6, 6.07) is 0.468.